The van der Waals surface area contributed by atoms with Crippen molar-refractivity contribution in [3.63, 3.8) is 0 Å². The van der Waals surface area contributed by atoms with Crippen LogP contribution in [-0.2, 0) is 49.1 Å². The zero-order chi connectivity index (χ0) is 35.8. The Hall–Kier alpha value is -4.56. The highest BCUT2D eigenvalue weighted by atomic mass is 32.1. The summed E-state index contributed by atoms with van der Waals surface area (Å²) in [4.78, 5) is 78.1. The van der Waals surface area contributed by atoms with Gasteiger partial charge in [-0.3, -0.25) is 38.6 Å². The molecule has 4 rings (SSSR count). The van der Waals surface area contributed by atoms with Crippen molar-refractivity contribution in [1.82, 2.24) is 20.4 Å². The molecule has 49 heavy (non-hydrogen) atoms. The minimum Gasteiger partial charge on any atom is -0.465 e. The highest BCUT2D eigenvalue weighted by Gasteiger charge is 2.56. The molecule has 4 amide bonds. The summed E-state index contributed by atoms with van der Waals surface area (Å²) < 4.78 is 10.4. The van der Waals surface area contributed by atoms with Gasteiger partial charge in [-0.05, 0) is 47.4 Å². The van der Waals surface area contributed by atoms with Gasteiger partial charge in [0.15, 0.2) is 21.1 Å². The number of hydrogen-bond acceptors (Lipinski definition) is 10. The first-order valence-corrected chi connectivity index (χ1v) is 16.1. The minimum atomic E-state index is -1.67. The lowest BCUT2D eigenvalue weighted by Gasteiger charge is -2.39. The summed E-state index contributed by atoms with van der Waals surface area (Å²) in [5, 5.41) is 5.06. The number of thiocarbonyl (C=S) groups is 2. The van der Waals surface area contributed by atoms with Crippen LogP contribution in [0.4, 0.5) is 0 Å². The molecule has 2 unspecified atom stereocenters. The van der Waals surface area contributed by atoms with Crippen LogP contribution in [0.3, 0.4) is 0 Å². The standard InChI is InChI=1S/2C17H20N2O4S.CH4/c2*1-11(2)10-23-13(20)9-17(12-7-5-4-6-8-12)14(21)18-16(24)19(3)15(17)22;/h2*4-8,11H,9-10H2,1-3H3,(H,18,21,24);1H4. The first-order valence-electron chi connectivity index (χ1n) is 15.3. The van der Waals surface area contributed by atoms with Crippen molar-refractivity contribution in [3.8, 4) is 0 Å². The molecule has 0 saturated carbocycles. The number of rotatable bonds is 10. The van der Waals surface area contributed by atoms with E-state index < -0.39 is 46.4 Å². The van der Waals surface area contributed by atoms with Gasteiger partial charge in [-0.25, -0.2) is 0 Å². The second-order valence-corrected chi connectivity index (χ2v) is 13.1. The summed E-state index contributed by atoms with van der Waals surface area (Å²) in [5.41, 5.74) is -2.48. The number of carbonyl (C=O) groups is 6. The van der Waals surface area contributed by atoms with Crippen molar-refractivity contribution in [1.29, 1.82) is 0 Å². The molecular formula is C35H44N4O8S2. The molecule has 0 spiro atoms. The van der Waals surface area contributed by atoms with Crippen molar-refractivity contribution in [3.05, 3.63) is 71.8 Å². The fourth-order valence-corrected chi connectivity index (χ4v) is 5.40. The van der Waals surface area contributed by atoms with Crippen molar-refractivity contribution in [2.24, 2.45) is 11.8 Å². The van der Waals surface area contributed by atoms with Crippen molar-refractivity contribution in [2.45, 2.75) is 58.8 Å². The molecule has 0 aliphatic carbocycles. The quantitative estimate of drug-likeness (QED) is 0.213. The van der Waals surface area contributed by atoms with Gasteiger partial charge in [0.05, 0.1) is 26.1 Å². The largest absolute Gasteiger partial charge is 0.465 e. The Morgan fingerprint density at radius 2 is 0.959 bits per heavy atom. The average Bonchev–Trinajstić information content (AvgIpc) is 3.06. The number of esters is 2. The van der Waals surface area contributed by atoms with E-state index in [9.17, 15) is 28.8 Å². The van der Waals surface area contributed by atoms with Gasteiger partial charge in [0, 0.05) is 14.1 Å². The van der Waals surface area contributed by atoms with E-state index in [0.717, 1.165) is 0 Å². The third-order valence-electron chi connectivity index (χ3n) is 7.67. The van der Waals surface area contributed by atoms with Crippen molar-refractivity contribution < 1.29 is 38.2 Å². The number of likely N-dealkylation sites (N-methyl/N-ethyl adjacent to an activating group) is 2. The van der Waals surface area contributed by atoms with Gasteiger partial charge in [-0.2, -0.15) is 0 Å². The molecule has 0 bridgehead atoms. The molecule has 12 nitrogen and oxygen atoms in total. The van der Waals surface area contributed by atoms with Gasteiger partial charge in [0.2, 0.25) is 23.6 Å². The summed E-state index contributed by atoms with van der Waals surface area (Å²) in [6, 6.07) is 17.0. The zero-order valence-corrected chi connectivity index (χ0v) is 29.4. The van der Waals surface area contributed by atoms with E-state index in [2.05, 4.69) is 10.6 Å². The fraction of sp³-hybridized carbons (Fsp3) is 0.429. The second kappa shape index (κ2) is 17.2. The molecule has 2 fully saturated rings. The lowest BCUT2D eigenvalue weighted by Crippen LogP contribution is -2.65. The Morgan fingerprint density at radius 1 is 0.653 bits per heavy atom. The first kappa shape index (κ1) is 40.6. The second-order valence-electron chi connectivity index (χ2n) is 12.3. The normalized spacial score (nSPS) is 20.6. The molecule has 2 N–H and O–H groups in total. The SMILES string of the molecule is C.CC(C)COC(=O)CC1(c2ccccc2)C(=O)NC(=S)N(C)C1=O.CC(C)COC(=O)CC1(c2ccccc2)C(=O)NC(=S)N(C)C1=O. The number of hydrogen-bond donors (Lipinski definition) is 2. The summed E-state index contributed by atoms with van der Waals surface area (Å²) in [6.45, 7) is 8.09. The third kappa shape index (κ3) is 8.92. The van der Waals surface area contributed by atoms with Crippen LogP contribution in [0.5, 0.6) is 0 Å². The van der Waals surface area contributed by atoms with E-state index in [1.54, 1.807) is 60.7 Å². The summed E-state index contributed by atoms with van der Waals surface area (Å²) in [6.07, 6.45) is -0.747. The maximum Gasteiger partial charge on any atom is 0.307 e. The highest BCUT2D eigenvalue weighted by molar-refractivity contribution is 7.80. The van der Waals surface area contributed by atoms with Crippen molar-refractivity contribution in [2.75, 3.05) is 27.3 Å². The molecule has 2 saturated heterocycles. The smallest absolute Gasteiger partial charge is 0.307 e. The number of amides is 4. The Balaban J connectivity index is 0.000000333. The van der Waals surface area contributed by atoms with Crippen molar-refractivity contribution >= 4 is 70.2 Å². The molecule has 264 valence electrons. The predicted molar refractivity (Wildman–Crippen MR) is 191 cm³/mol. The number of nitrogens with zero attached hydrogens (tertiary/aromatic N) is 2. The molecule has 0 radical (unpaired) electrons. The Kier molecular flexibility index (Phi) is 14.3. The summed E-state index contributed by atoms with van der Waals surface area (Å²) in [7, 11) is 2.95. The van der Waals surface area contributed by atoms with Crippen LogP contribution in [0.15, 0.2) is 60.7 Å². The monoisotopic (exact) mass is 712 g/mol. The molecule has 2 atom stereocenters. The Bertz CT molecular complexity index is 1470. The molecule has 14 heteroatoms. The highest BCUT2D eigenvalue weighted by Crippen LogP contribution is 2.35. The van der Waals surface area contributed by atoms with E-state index in [1.807, 2.05) is 27.7 Å². The Labute approximate surface area is 297 Å². The number of benzene rings is 2. The zero-order valence-electron chi connectivity index (χ0n) is 27.7. The van der Waals surface area contributed by atoms with E-state index in [1.165, 1.54) is 23.9 Å². The van der Waals surface area contributed by atoms with Gasteiger partial charge in [0.1, 0.15) is 0 Å². The van der Waals surface area contributed by atoms with Crippen LogP contribution in [0.2, 0.25) is 0 Å². The van der Waals surface area contributed by atoms with Crippen LogP contribution in [0.25, 0.3) is 0 Å². The lowest BCUT2D eigenvalue weighted by molar-refractivity contribution is -0.154. The van der Waals surface area contributed by atoms with E-state index >= 15 is 0 Å². The molecule has 2 aliphatic heterocycles. The van der Waals surface area contributed by atoms with Gasteiger partial charge < -0.3 is 20.1 Å². The average molecular weight is 713 g/mol. The van der Waals surface area contributed by atoms with Crippen LogP contribution in [-0.4, -0.2) is 82.9 Å². The molecule has 2 aromatic rings. The predicted octanol–water partition coefficient (Wildman–Crippen LogP) is 3.41. The lowest BCUT2D eigenvalue weighted by atomic mass is 9.74. The van der Waals surface area contributed by atoms with Crippen LogP contribution >= 0.6 is 24.4 Å². The van der Waals surface area contributed by atoms with Gasteiger partial charge in [-0.1, -0.05) is 95.8 Å². The van der Waals surface area contributed by atoms with Crippen LogP contribution in [0.1, 0.15) is 59.1 Å². The number of nitrogens with one attached hydrogen (secondary N) is 2. The molecule has 2 aromatic carbocycles. The number of ether oxygens (including phenoxy) is 2. The van der Waals surface area contributed by atoms with E-state index in [-0.39, 0.29) is 55.5 Å². The maximum absolute atomic E-state index is 12.9. The van der Waals surface area contributed by atoms with Crippen LogP contribution < -0.4 is 10.6 Å². The third-order valence-corrected chi connectivity index (χ3v) is 8.42. The maximum atomic E-state index is 12.9. The molecule has 2 heterocycles. The first-order chi connectivity index (χ1) is 22.6. The fourth-order valence-electron chi connectivity index (χ4n) is 5.05. The Morgan fingerprint density at radius 3 is 1.24 bits per heavy atom. The summed E-state index contributed by atoms with van der Waals surface area (Å²) >= 11 is 9.98. The van der Waals surface area contributed by atoms with E-state index in [0.29, 0.717) is 11.1 Å². The molecule has 2 aliphatic rings. The molecule has 0 aromatic heterocycles. The summed E-state index contributed by atoms with van der Waals surface area (Å²) in [5.74, 6) is -3.17. The topological polar surface area (TPSA) is 151 Å². The van der Waals surface area contributed by atoms with Gasteiger partial charge in [-0.15, -0.1) is 0 Å². The van der Waals surface area contributed by atoms with Gasteiger partial charge in [0.25, 0.3) is 0 Å². The minimum absolute atomic E-state index is 0. The van der Waals surface area contributed by atoms with E-state index in [4.69, 9.17) is 33.9 Å². The van der Waals surface area contributed by atoms with Crippen LogP contribution in [0, 0.1) is 11.8 Å². The molecular weight excluding hydrogens is 669 g/mol. The van der Waals surface area contributed by atoms with Gasteiger partial charge >= 0.3 is 11.9 Å². The number of carbonyl (C=O) groups excluding carboxylic acids is 6.